The maximum absolute atomic E-state index is 11.9. The van der Waals surface area contributed by atoms with Crippen molar-refractivity contribution in [3.63, 3.8) is 0 Å². The molecule has 4 bridgehead atoms. The number of nitrogens with one attached hydrogen (secondary N) is 1. The number of carbonyl (C=O) groups excluding carboxylic acids is 1. The second kappa shape index (κ2) is 4.47. The van der Waals surface area contributed by atoms with Gasteiger partial charge in [-0.05, 0) is 78.3 Å². The first-order chi connectivity index (χ1) is 10.7. The Bertz CT molecular complexity index is 740. The van der Waals surface area contributed by atoms with Crippen LogP contribution in [0.3, 0.4) is 0 Å². The maximum atomic E-state index is 11.9. The van der Waals surface area contributed by atoms with Gasteiger partial charge >= 0.3 is 0 Å². The predicted molar refractivity (Wildman–Crippen MR) is 91.2 cm³/mol. The summed E-state index contributed by atoms with van der Waals surface area (Å²) in [5.74, 6) is 2.67. The zero-order valence-corrected chi connectivity index (χ0v) is 14.2. The smallest absolute Gasteiger partial charge is 0.152 e. The Morgan fingerprint density at radius 2 is 1.73 bits per heavy atom. The van der Waals surface area contributed by atoms with Gasteiger partial charge in [-0.3, -0.25) is 4.79 Å². The Morgan fingerprint density at radius 1 is 1.09 bits per heavy atom. The molecule has 0 atom stereocenters. The van der Waals surface area contributed by atoms with E-state index in [2.05, 4.69) is 33.0 Å². The first-order valence-electron chi connectivity index (χ1n) is 8.44. The van der Waals surface area contributed by atoms with Crippen molar-refractivity contribution in [3.8, 4) is 0 Å². The molecule has 6 rings (SSSR count). The number of hydrogen-bond donors (Lipinski definition) is 1. The van der Waals surface area contributed by atoms with Crippen LogP contribution in [0.2, 0.25) is 0 Å². The number of H-pyrrole nitrogens is 1. The van der Waals surface area contributed by atoms with Gasteiger partial charge in [0.25, 0.3) is 0 Å². The molecule has 1 aromatic heterocycles. The zero-order valence-electron chi connectivity index (χ0n) is 12.6. The highest BCUT2D eigenvalue weighted by Gasteiger charge is 2.53. The molecule has 2 aromatic rings. The molecule has 0 amide bonds. The molecule has 0 spiro atoms. The first kappa shape index (κ1) is 13.4. The molecular formula is C19H20BrNO. The minimum atomic E-state index is 0.240. The Balaban J connectivity index is 1.73. The van der Waals surface area contributed by atoms with Gasteiger partial charge < -0.3 is 4.98 Å². The highest BCUT2D eigenvalue weighted by Crippen LogP contribution is 2.61. The van der Waals surface area contributed by atoms with E-state index in [9.17, 15) is 4.79 Å². The zero-order chi connectivity index (χ0) is 14.9. The Labute approximate surface area is 138 Å². The lowest BCUT2D eigenvalue weighted by Crippen LogP contribution is -2.49. The van der Waals surface area contributed by atoms with Crippen LogP contribution in [0.15, 0.2) is 22.7 Å². The summed E-state index contributed by atoms with van der Waals surface area (Å²) in [5, 5.41) is 1.08. The van der Waals surface area contributed by atoms with Crippen molar-refractivity contribution in [3.05, 3.63) is 33.9 Å². The average Bonchev–Trinajstić information content (AvgIpc) is 2.86. The fourth-order valence-corrected chi connectivity index (χ4v) is 6.63. The van der Waals surface area contributed by atoms with Gasteiger partial charge in [0.1, 0.15) is 0 Å². The van der Waals surface area contributed by atoms with E-state index < -0.39 is 0 Å². The monoisotopic (exact) mass is 357 g/mol. The predicted octanol–water partition coefficient (Wildman–Crippen LogP) is 5.21. The van der Waals surface area contributed by atoms with Crippen molar-refractivity contribution in [2.24, 2.45) is 17.8 Å². The van der Waals surface area contributed by atoms with Gasteiger partial charge in [0.05, 0.1) is 5.52 Å². The molecule has 22 heavy (non-hydrogen) atoms. The largest absolute Gasteiger partial charge is 0.356 e. The SMILES string of the molecule is O=Cc1c(C23CC4CC(CC(C4)C2)C3)[nH]c2c(Br)cccc12. The molecule has 114 valence electrons. The number of aromatic nitrogens is 1. The number of aromatic amines is 1. The number of hydrogen-bond acceptors (Lipinski definition) is 1. The van der Waals surface area contributed by atoms with Crippen LogP contribution in [0.4, 0.5) is 0 Å². The van der Waals surface area contributed by atoms with Gasteiger partial charge in [-0.25, -0.2) is 0 Å². The Hall–Kier alpha value is -1.09. The second-order valence-electron chi connectivity index (χ2n) is 7.89. The summed E-state index contributed by atoms with van der Waals surface area (Å²) in [6.45, 7) is 0. The molecule has 1 heterocycles. The third kappa shape index (κ3) is 1.69. The number of benzene rings is 1. The molecule has 1 aromatic carbocycles. The lowest BCUT2D eigenvalue weighted by atomic mass is 9.48. The fraction of sp³-hybridized carbons (Fsp3) is 0.526. The van der Waals surface area contributed by atoms with Gasteiger partial charge in [-0.1, -0.05) is 12.1 Å². The van der Waals surface area contributed by atoms with Crippen LogP contribution in [0.5, 0.6) is 0 Å². The summed E-state index contributed by atoms with van der Waals surface area (Å²) in [6.07, 6.45) is 9.22. The van der Waals surface area contributed by atoms with Gasteiger partial charge in [-0.2, -0.15) is 0 Å². The quantitative estimate of drug-likeness (QED) is 0.735. The minimum absolute atomic E-state index is 0.240. The average molecular weight is 358 g/mol. The number of aldehydes is 1. The molecule has 3 heteroatoms. The lowest BCUT2D eigenvalue weighted by molar-refractivity contribution is -0.00710. The van der Waals surface area contributed by atoms with Crippen molar-refractivity contribution in [1.82, 2.24) is 4.98 Å². The molecule has 4 aliphatic carbocycles. The van der Waals surface area contributed by atoms with Crippen LogP contribution in [-0.4, -0.2) is 11.3 Å². The van der Waals surface area contributed by atoms with Crippen LogP contribution in [0.25, 0.3) is 10.9 Å². The number of carbonyl (C=O) groups is 1. The van der Waals surface area contributed by atoms with E-state index in [1.807, 2.05) is 6.07 Å². The molecule has 0 unspecified atom stereocenters. The highest BCUT2D eigenvalue weighted by molar-refractivity contribution is 9.10. The lowest BCUT2D eigenvalue weighted by Gasteiger charge is -2.56. The number of para-hydroxylation sites is 1. The van der Waals surface area contributed by atoms with E-state index in [0.717, 1.165) is 45.0 Å². The second-order valence-corrected chi connectivity index (χ2v) is 8.75. The van der Waals surface area contributed by atoms with Gasteiger partial charge in [0, 0.05) is 26.5 Å². The molecule has 0 radical (unpaired) electrons. The molecule has 4 fully saturated rings. The van der Waals surface area contributed by atoms with E-state index in [1.54, 1.807) is 0 Å². The minimum Gasteiger partial charge on any atom is -0.356 e. The topological polar surface area (TPSA) is 32.9 Å². The summed E-state index contributed by atoms with van der Waals surface area (Å²) >= 11 is 3.64. The van der Waals surface area contributed by atoms with Crippen LogP contribution in [0, 0.1) is 17.8 Å². The number of halogens is 1. The fourth-order valence-electron chi connectivity index (χ4n) is 6.16. The molecule has 0 aliphatic heterocycles. The van der Waals surface area contributed by atoms with Crippen LogP contribution in [-0.2, 0) is 5.41 Å². The Morgan fingerprint density at radius 3 is 2.32 bits per heavy atom. The van der Waals surface area contributed by atoms with E-state index in [0.29, 0.717) is 0 Å². The molecular weight excluding hydrogens is 338 g/mol. The van der Waals surface area contributed by atoms with Gasteiger partial charge in [0.2, 0.25) is 0 Å². The third-order valence-electron chi connectivity index (χ3n) is 6.51. The van der Waals surface area contributed by atoms with Crippen molar-refractivity contribution in [1.29, 1.82) is 0 Å². The van der Waals surface area contributed by atoms with Crippen LogP contribution in [0.1, 0.15) is 54.6 Å². The van der Waals surface area contributed by atoms with Crippen molar-refractivity contribution < 1.29 is 4.79 Å². The molecule has 0 saturated heterocycles. The summed E-state index contributed by atoms with van der Waals surface area (Å²) in [6, 6.07) is 6.15. The number of rotatable bonds is 2. The summed E-state index contributed by atoms with van der Waals surface area (Å²) in [4.78, 5) is 15.5. The van der Waals surface area contributed by atoms with E-state index in [1.165, 1.54) is 44.2 Å². The highest BCUT2D eigenvalue weighted by atomic mass is 79.9. The number of fused-ring (bicyclic) bond motifs is 1. The van der Waals surface area contributed by atoms with E-state index in [4.69, 9.17) is 0 Å². The van der Waals surface area contributed by atoms with Gasteiger partial charge in [-0.15, -0.1) is 0 Å². The summed E-state index contributed by atoms with van der Waals surface area (Å²) in [7, 11) is 0. The molecule has 4 saturated carbocycles. The van der Waals surface area contributed by atoms with Crippen LogP contribution < -0.4 is 0 Å². The standard InChI is InChI=1S/C19H20BrNO/c20-16-3-1-2-14-15(10-22)18(21-17(14)16)19-7-11-4-12(8-19)6-13(5-11)9-19/h1-3,10-13,21H,4-9H2. The molecule has 4 aliphatic rings. The molecule has 1 N–H and O–H groups in total. The van der Waals surface area contributed by atoms with E-state index >= 15 is 0 Å². The van der Waals surface area contributed by atoms with Gasteiger partial charge in [0.15, 0.2) is 6.29 Å². The normalized spacial score (nSPS) is 36.1. The summed E-state index contributed by atoms with van der Waals surface area (Å²) < 4.78 is 1.06. The maximum Gasteiger partial charge on any atom is 0.152 e. The van der Waals surface area contributed by atoms with Crippen molar-refractivity contribution >= 4 is 33.1 Å². The summed E-state index contributed by atoms with van der Waals surface area (Å²) in [5.41, 5.74) is 3.49. The van der Waals surface area contributed by atoms with Crippen molar-refractivity contribution in [2.75, 3.05) is 0 Å². The molecule has 2 nitrogen and oxygen atoms in total. The van der Waals surface area contributed by atoms with E-state index in [-0.39, 0.29) is 5.41 Å². The first-order valence-corrected chi connectivity index (χ1v) is 9.24. The third-order valence-corrected chi connectivity index (χ3v) is 7.17. The Kier molecular flexibility index (Phi) is 2.71. The van der Waals surface area contributed by atoms with Crippen molar-refractivity contribution in [2.45, 2.75) is 43.9 Å². The van der Waals surface area contributed by atoms with Crippen LogP contribution >= 0.6 is 15.9 Å².